The molecule has 1 aromatic heterocycles. The quantitative estimate of drug-likeness (QED) is 0.239. The van der Waals surface area contributed by atoms with Gasteiger partial charge in [0.1, 0.15) is 12.3 Å². The van der Waals surface area contributed by atoms with Crippen LogP contribution in [0.3, 0.4) is 0 Å². The first-order valence-corrected chi connectivity index (χ1v) is 16.1. The van der Waals surface area contributed by atoms with Crippen molar-refractivity contribution in [1.29, 1.82) is 0 Å². The first kappa shape index (κ1) is 31.6. The topological polar surface area (TPSA) is 84.4 Å². The van der Waals surface area contributed by atoms with Crippen LogP contribution < -0.4 is 20.7 Å². The summed E-state index contributed by atoms with van der Waals surface area (Å²) in [6.45, 7) is 4.23. The average molecular weight is 605 g/mol. The van der Waals surface area contributed by atoms with Crippen molar-refractivity contribution in [3.05, 3.63) is 48.2 Å². The number of fused-ring (bicyclic) bond motifs is 1. The minimum absolute atomic E-state index is 0.111. The molecule has 3 aromatic rings. The monoisotopic (exact) mass is 604 g/mol. The molecule has 7 nitrogen and oxygen atoms in total. The van der Waals surface area contributed by atoms with Gasteiger partial charge in [-0.2, -0.15) is 13.2 Å². The molecule has 2 aromatic carbocycles. The Labute approximate surface area is 246 Å². The number of nitrogens with zero attached hydrogens (tertiary/aromatic N) is 1. The molecule has 1 fully saturated rings. The van der Waals surface area contributed by atoms with Gasteiger partial charge in [-0.15, -0.1) is 0 Å². The van der Waals surface area contributed by atoms with E-state index in [1.807, 2.05) is 6.07 Å². The number of benzene rings is 2. The van der Waals surface area contributed by atoms with Crippen LogP contribution in [0.1, 0.15) is 51.6 Å². The lowest BCUT2D eigenvalue weighted by Crippen LogP contribution is -2.49. The molecule has 4 rings (SSSR count). The molecule has 0 atom stereocenters. The van der Waals surface area contributed by atoms with E-state index < -0.39 is 22.6 Å². The Balaban J connectivity index is 1.56. The van der Waals surface area contributed by atoms with Crippen LogP contribution in [0.25, 0.3) is 10.9 Å². The molecule has 0 amide bonds. The second kappa shape index (κ2) is 12.9. The summed E-state index contributed by atoms with van der Waals surface area (Å²) >= 11 is 0. The largest absolute Gasteiger partial charge is 0.495 e. The van der Waals surface area contributed by atoms with Crippen molar-refractivity contribution in [1.82, 2.24) is 9.88 Å². The van der Waals surface area contributed by atoms with Gasteiger partial charge in [-0.3, -0.25) is 0 Å². The molecule has 0 radical (unpaired) electrons. The van der Waals surface area contributed by atoms with Crippen LogP contribution in [0.2, 0.25) is 0 Å². The second-order valence-corrected chi connectivity index (χ2v) is 12.9. The van der Waals surface area contributed by atoms with Crippen molar-refractivity contribution in [2.75, 3.05) is 37.1 Å². The van der Waals surface area contributed by atoms with Gasteiger partial charge in [0.25, 0.3) is 0 Å². The van der Waals surface area contributed by atoms with E-state index in [1.54, 1.807) is 24.3 Å². The fraction of sp³-hybridized carbons (Fsp3) is 0.484. The molecule has 0 unspecified atom stereocenters. The lowest BCUT2D eigenvalue weighted by Gasteiger charge is -2.41. The van der Waals surface area contributed by atoms with E-state index in [1.165, 1.54) is 23.8 Å². The number of ether oxygens (including phenoxy) is 1. The van der Waals surface area contributed by atoms with E-state index in [2.05, 4.69) is 41.6 Å². The molecule has 1 aliphatic rings. The average Bonchev–Trinajstić information content (AvgIpc) is 3.28. The van der Waals surface area contributed by atoms with Crippen LogP contribution in [0.4, 0.5) is 24.5 Å². The summed E-state index contributed by atoms with van der Waals surface area (Å²) in [6, 6.07) is 11.8. The number of aromatic nitrogens is 1. The zero-order valence-electron chi connectivity index (χ0n) is 24.5. The first-order valence-electron chi connectivity index (χ1n) is 14.2. The van der Waals surface area contributed by atoms with Gasteiger partial charge in [-0.1, -0.05) is 25.8 Å². The lowest BCUT2D eigenvalue weighted by atomic mass is 9.77. The summed E-state index contributed by atoms with van der Waals surface area (Å²) in [5.41, 5.74) is 2.22. The number of rotatable bonds is 10. The van der Waals surface area contributed by atoms with Crippen LogP contribution in [-0.2, 0) is 16.4 Å². The highest BCUT2D eigenvalue weighted by atomic mass is 32.2. The molecule has 0 spiro atoms. The highest BCUT2D eigenvalue weighted by Crippen LogP contribution is 2.35. The van der Waals surface area contributed by atoms with Crippen LogP contribution in [0.5, 0.6) is 5.75 Å². The van der Waals surface area contributed by atoms with Crippen LogP contribution in [0.15, 0.2) is 47.4 Å². The van der Waals surface area contributed by atoms with E-state index in [0.29, 0.717) is 22.3 Å². The van der Waals surface area contributed by atoms with Crippen molar-refractivity contribution in [3.63, 3.8) is 0 Å². The fourth-order valence-electron chi connectivity index (χ4n) is 5.75. The van der Waals surface area contributed by atoms with E-state index in [-0.39, 0.29) is 28.7 Å². The van der Waals surface area contributed by atoms with Gasteiger partial charge in [0.2, 0.25) is 0 Å². The normalized spacial score (nSPS) is 19.3. The van der Waals surface area contributed by atoms with Crippen LogP contribution in [0, 0.1) is 11.8 Å². The molecule has 42 heavy (non-hydrogen) atoms. The number of nitrogens with one attached hydrogen (secondary N) is 3. The number of halogens is 3. The van der Waals surface area contributed by atoms with Crippen molar-refractivity contribution >= 4 is 32.1 Å². The Morgan fingerprint density at radius 1 is 1.10 bits per heavy atom. The minimum Gasteiger partial charge on any atom is -0.495 e. The Hall–Kier alpha value is -3.36. The molecule has 1 saturated carbocycles. The van der Waals surface area contributed by atoms with Crippen molar-refractivity contribution in [2.24, 2.45) is 0 Å². The van der Waals surface area contributed by atoms with Gasteiger partial charge in [0.15, 0.2) is 9.84 Å². The molecular formula is C31H39F3N4O3S. The van der Waals surface area contributed by atoms with E-state index >= 15 is 0 Å². The van der Waals surface area contributed by atoms with Gasteiger partial charge in [-0.05, 0) is 74.9 Å². The maximum Gasteiger partial charge on any atom is 0.406 e. The summed E-state index contributed by atoms with van der Waals surface area (Å²) < 4.78 is 71.1. The smallest absolute Gasteiger partial charge is 0.406 e. The fourth-order valence-corrected chi connectivity index (χ4v) is 6.39. The molecule has 0 bridgehead atoms. The maximum atomic E-state index is 13.6. The van der Waals surface area contributed by atoms with E-state index in [0.717, 1.165) is 50.6 Å². The number of alkyl halides is 3. The third-order valence-electron chi connectivity index (χ3n) is 8.00. The number of methoxy groups -OCH3 is 1. The SMILES string of the molecule is CCNC1(CC)CCC(Nc2cccc3c2cc(C#CCNc2ccc(S(C)(=O)=O)cc2OC)n3CC(F)(F)F)CC1. The zero-order chi connectivity index (χ0) is 30.5. The highest BCUT2D eigenvalue weighted by Gasteiger charge is 2.33. The van der Waals surface area contributed by atoms with Gasteiger partial charge in [-0.25, -0.2) is 8.42 Å². The Morgan fingerprint density at radius 3 is 2.45 bits per heavy atom. The van der Waals surface area contributed by atoms with Crippen LogP contribution >= 0.6 is 0 Å². The first-order chi connectivity index (χ1) is 19.9. The predicted molar refractivity (Wildman–Crippen MR) is 162 cm³/mol. The Kier molecular flexibility index (Phi) is 9.68. The maximum absolute atomic E-state index is 13.6. The zero-order valence-corrected chi connectivity index (χ0v) is 25.3. The highest BCUT2D eigenvalue weighted by molar-refractivity contribution is 7.90. The number of sulfone groups is 1. The summed E-state index contributed by atoms with van der Waals surface area (Å²) in [5, 5.41) is 11.0. The molecule has 1 heterocycles. The van der Waals surface area contributed by atoms with Gasteiger partial charge in [0, 0.05) is 35.0 Å². The lowest BCUT2D eigenvalue weighted by molar-refractivity contribution is -0.140. The van der Waals surface area contributed by atoms with E-state index in [9.17, 15) is 21.6 Å². The Bertz CT molecular complexity index is 1560. The van der Waals surface area contributed by atoms with Crippen LogP contribution in [-0.4, -0.2) is 57.2 Å². The summed E-state index contributed by atoms with van der Waals surface area (Å²) in [6.07, 6.45) is 1.81. The molecule has 11 heteroatoms. The standard InChI is InChI=1S/C31H39F3N4O3S/c1-5-30(36-6-2)16-14-22(15-17-30)37-26-10-7-11-28-25(26)19-23(38(28)21-31(32,33)34)9-8-18-35-27-13-12-24(42(4,39)40)20-29(27)41-3/h7,10-13,19-20,22,35-37H,5-6,14-18,21H2,1-4H3. The third-order valence-corrected chi connectivity index (χ3v) is 9.11. The second-order valence-electron chi connectivity index (χ2n) is 10.8. The molecular weight excluding hydrogens is 565 g/mol. The minimum atomic E-state index is -4.42. The van der Waals surface area contributed by atoms with Gasteiger partial charge < -0.3 is 25.3 Å². The summed E-state index contributed by atoms with van der Waals surface area (Å²) in [4.78, 5) is 0.118. The van der Waals surface area contributed by atoms with Crippen molar-refractivity contribution in [3.8, 4) is 17.6 Å². The summed E-state index contributed by atoms with van der Waals surface area (Å²) in [5.74, 6) is 6.15. The molecule has 3 N–H and O–H groups in total. The molecule has 1 aliphatic carbocycles. The number of hydrogen-bond acceptors (Lipinski definition) is 6. The molecule has 0 aliphatic heterocycles. The summed E-state index contributed by atoms with van der Waals surface area (Å²) in [7, 11) is -1.98. The molecule has 228 valence electrons. The number of hydrogen-bond donors (Lipinski definition) is 3. The number of anilines is 2. The third kappa shape index (κ3) is 7.53. The van der Waals surface area contributed by atoms with Gasteiger partial charge >= 0.3 is 6.18 Å². The van der Waals surface area contributed by atoms with E-state index in [4.69, 9.17) is 4.74 Å². The van der Waals surface area contributed by atoms with Crippen molar-refractivity contribution < 1.29 is 26.3 Å². The van der Waals surface area contributed by atoms with Crippen molar-refractivity contribution in [2.45, 2.75) is 75.1 Å². The van der Waals surface area contributed by atoms with Gasteiger partial charge in [0.05, 0.1) is 35.4 Å². The molecule has 0 saturated heterocycles. The Morgan fingerprint density at radius 2 is 1.83 bits per heavy atom. The predicted octanol–water partition coefficient (Wildman–Crippen LogP) is 6.19.